The van der Waals surface area contributed by atoms with Gasteiger partial charge in [-0.2, -0.15) is 0 Å². The normalized spacial score (nSPS) is 14.8. The fourth-order valence-electron chi connectivity index (χ4n) is 3.01. The molecule has 4 heteroatoms. The van der Waals surface area contributed by atoms with Crippen LogP contribution in [0.1, 0.15) is 37.7 Å². The molecule has 2 N–H and O–H groups in total. The molecule has 126 valence electrons. The van der Waals surface area contributed by atoms with Crippen molar-refractivity contribution in [3.63, 3.8) is 0 Å². The Bertz CT molecular complexity index is 652. The molecule has 0 unspecified atom stereocenters. The molecule has 0 bridgehead atoms. The maximum absolute atomic E-state index is 12.0. The highest BCUT2D eigenvalue weighted by Crippen LogP contribution is 2.21. The molecule has 0 saturated heterocycles. The minimum absolute atomic E-state index is 0.0868. The van der Waals surface area contributed by atoms with Crippen molar-refractivity contribution >= 4 is 6.03 Å². The Labute approximate surface area is 143 Å². The van der Waals surface area contributed by atoms with Crippen molar-refractivity contribution in [1.29, 1.82) is 0 Å². The second-order valence-electron chi connectivity index (χ2n) is 6.22. The van der Waals surface area contributed by atoms with Crippen LogP contribution in [0.5, 0.6) is 11.5 Å². The smallest absolute Gasteiger partial charge is 0.315 e. The SMILES string of the molecule is O=C(NCc1cccc(Oc2ccccc2)c1)NC1CCCCC1. The average molecular weight is 324 g/mol. The van der Waals surface area contributed by atoms with Gasteiger partial charge >= 0.3 is 6.03 Å². The van der Waals surface area contributed by atoms with Crippen LogP contribution in [0.3, 0.4) is 0 Å². The summed E-state index contributed by atoms with van der Waals surface area (Å²) in [5.41, 5.74) is 1.02. The second kappa shape index (κ2) is 8.39. The Morgan fingerprint density at radius 2 is 1.71 bits per heavy atom. The molecule has 1 aliphatic carbocycles. The summed E-state index contributed by atoms with van der Waals surface area (Å²) in [4.78, 5) is 12.0. The van der Waals surface area contributed by atoms with E-state index in [0.29, 0.717) is 12.6 Å². The van der Waals surface area contributed by atoms with E-state index < -0.39 is 0 Å². The first-order valence-corrected chi connectivity index (χ1v) is 8.66. The number of rotatable bonds is 5. The van der Waals surface area contributed by atoms with Crippen LogP contribution in [0.2, 0.25) is 0 Å². The summed E-state index contributed by atoms with van der Waals surface area (Å²) < 4.78 is 5.82. The van der Waals surface area contributed by atoms with E-state index in [0.717, 1.165) is 29.9 Å². The van der Waals surface area contributed by atoms with Gasteiger partial charge < -0.3 is 15.4 Å². The highest BCUT2D eigenvalue weighted by atomic mass is 16.5. The van der Waals surface area contributed by atoms with Gasteiger partial charge in [0, 0.05) is 12.6 Å². The fourth-order valence-corrected chi connectivity index (χ4v) is 3.01. The van der Waals surface area contributed by atoms with E-state index in [1.165, 1.54) is 19.3 Å². The second-order valence-corrected chi connectivity index (χ2v) is 6.22. The highest BCUT2D eigenvalue weighted by molar-refractivity contribution is 5.74. The lowest BCUT2D eigenvalue weighted by molar-refractivity contribution is 0.232. The van der Waals surface area contributed by atoms with Crippen molar-refractivity contribution in [2.75, 3.05) is 0 Å². The van der Waals surface area contributed by atoms with Crippen LogP contribution >= 0.6 is 0 Å². The van der Waals surface area contributed by atoms with Gasteiger partial charge in [0.15, 0.2) is 0 Å². The van der Waals surface area contributed by atoms with Crippen molar-refractivity contribution in [3.05, 3.63) is 60.2 Å². The van der Waals surface area contributed by atoms with Gasteiger partial charge in [-0.25, -0.2) is 4.79 Å². The number of benzene rings is 2. The van der Waals surface area contributed by atoms with Crippen LogP contribution in [0.25, 0.3) is 0 Å². The Hall–Kier alpha value is -2.49. The average Bonchev–Trinajstić information content (AvgIpc) is 2.62. The summed E-state index contributed by atoms with van der Waals surface area (Å²) in [7, 11) is 0. The van der Waals surface area contributed by atoms with Crippen LogP contribution in [0, 0.1) is 0 Å². The molecule has 0 radical (unpaired) electrons. The molecule has 3 rings (SSSR count). The van der Waals surface area contributed by atoms with E-state index >= 15 is 0 Å². The summed E-state index contributed by atoms with van der Waals surface area (Å²) in [6.07, 6.45) is 5.89. The molecule has 0 heterocycles. The van der Waals surface area contributed by atoms with Crippen molar-refractivity contribution in [3.8, 4) is 11.5 Å². The topological polar surface area (TPSA) is 50.4 Å². The molecule has 4 nitrogen and oxygen atoms in total. The number of ether oxygens (including phenoxy) is 1. The third-order valence-electron chi connectivity index (χ3n) is 4.27. The summed E-state index contributed by atoms with van der Waals surface area (Å²) in [6, 6.07) is 17.7. The fraction of sp³-hybridized carbons (Fsp3) is 0.350. The monoisotopic (exact) mass is 324 g/mol. The van der Waals surface area contributed by atoms with Gasteiger partial charge in [0.1, 0.15) is 11.5 Å². The van der Waals surface area contributed by atoms with Gasteiger partial charge in [0.25, 0.3) is 0 Å². The Balaban J connectivity index is 1.50. The molecule has 2 amide bonds. The van der Waals surface area contributed by atoms with Crippen molar-refractivity contribution < 1.29 is 9.53 Å². The Morgan fingerprint density at radius 3 is 2.50 bits per heavy atom. The van der Waals surface area contributed by atoms with Crippen molar-refractivity contribution in [2.45, 2.75) is 44.7 Å². The number of carbonyl (C=O) groups excluding carboxylic acids is 1. The third-order valence-corrected chi connectivity index (χ3v) is 4.27. The van der Waals surface area contributed by atoms with E-state index in [4.69, 9.17) is 4.74 Å². The molecule has 0 atom stereocenters. The van der Waals surface area contributed by atoms with E-state index in [2.05, 4.69) is 10.6 Å². The van der Waals surface area contributed by atoms with E-state index in [9.17, 15) is 4.79 Å². The van der Waals surface area contributed by atoms with Gasteiger partial charge in [-0.05, 0) is 42.7 Å². The van der Waals surface area contributed by atoms with Gasteiger partial charge in [-0.15, -0.1) is 0 Å². The molecular formula is C20H24N2O2. The summed E-state index contributed by atoms with van der Waals surface area (Å²) in [6.45, 7) is 0.491. The molecule has 0 aliphatic heterocycles. The van der Waals surface area contributed by atoms with Crippen molar-refractivity contribution in [1.82, 2.24) is 10.6 Å². The van der Waals surface area contributed by atoms with Crippen LogP contribution in [0.15, 0.2) is 54.6 Å². The zero-order valence-corrected chi connectivity index (χ0v) is 13.8. The molecule has 2 aromatic rings. The molecule has 0 spiro atoms. The van der Waals surface area contributed by atoms with Crippen LogP contribution < -0.4 is 15.4 Å². The maximum Gasteiger partial charge on any atom is 0.315 e. The lowest BCUT2D eigenvalue weighted by Gasteiger charge is -2.22. The number of amides is 2. The molecule has 1 fully saturated rings. The maximum atomic E-state index is 12.0. The minimum Gasteiger partial charge on any atom is -0.457 e. The highest BCUT2D eigenvalue weighted by Gasteiger charge is 2.15. The van der Waals surface area contributed by atoms with Crippen molar-refractivity contribution in [2.24, 2.45) is 0 Å². The van der Waals surface area contributed by atoms with E-state index in [-0.39, 0.29) is 6.03 Å². The first-order chi connectivity index (χ1) is 11.8. The number of hydrogen-bond donors (Lipinski definition) is 2. The molecule has 0 aromatic heterocycles. The quantitative estimate of drug-likeness (QED) is 0.844. The summed E-state index contributed by atoms with van der Waals surface area (Å²) in [5, 5.41) is 5.99. The van der Waals surface area contributed by atoms with E-state index in [1.54, 1.807) is 0 Å². The lowest BCUT2D eigenvalue weighted by atomic mass is 9.96. The Kier molecular flexibility index (Phi) is 5.72. The predicted molar refractivity (Wildman–Crippen MR) is 95.2 cm³/mol. The minimum atomic E-state index is -0.0868. The standard InChI is InChI=1S/C20H24N2O2/c23-20(22-17-9-3-1-4-10-17)21-15-16-8-7-13-19(14-16)24-18-11-5-2-6-12-18/h2,5-8,11-14,17H,1,3-4,9-10,15H2,(H2,21,22,23). The van der Waals surface area contributed by atoms with Gasteiger partial charge in [0.05, 0.1) is 0 Å². The van der Waals surface area contributed by atoms with Gasteiger partial charge in [0.2, 0.25) is 0 Å². The zero-order valence-electron chi connectivity index (χ0n) is 13.8. The first kappa shape index (κ1) is 16.4. The predicted octanol–water partition coefficient (Wildman–Crippen LogP) is 4.61. The summed E-state index contributed by atoms with van der Waals surface area (Å²) >= 11 is 0. The summed E-state index contributed by atoms with van der Waals surface area (Å²) in [5.74, 6) is 1.57. The number of urea groups is 1. The molecule has 1 aliphatic rings. The van der Waals surface area contributed by atoms with Gasteiger partial charge in [-0.1, -0.05) is 49.6 Å². The van der Waals surface area contributed by atoms with Crippen LogP contribution in [0.4, 0.5) is 4.79 Å². The lowest BCUT2D eigenvalue weighted by Crippen LogP contribution is -2.42. The van der Waals surface area contributed by atoms with Crippen LogP contribution in [-0.4, -0.2) is 12.1 Å². The Morgan fingerprint density at radius 1 is 0.958 bits per heavy atom. The largest absolute Gasteiger partial charge is 0.457 e. The number of hydrogen-bond acceptors (Lipinski definition) is 2. The van der Waals surface area contributed by atoms with Gasteiger partial charge in [-0.3, -0.25) is 0 Å². The number of nitrogens with one attached hydrogen (secondary N) is 2. The number of para-hydroxylation sites is 1. The van der Waals surface area contributed by atoms with E-state index in [1.807, 2.05) is 54.6 Å². The first-order valence-electron chi connectivity index (χ1n) is 8.66. The molecule has 1 saturated carbocycles. The molecular weight excluding hydrogens is 300 g/mol. The zero-order chi connectivity index (χ0) is 16.6. The molecule has 24 heavy (non-hydrogen) atoms. The number of carbonyl (C=O) groups is 1. The molecule has 2 aromatic carbocycles. The third kappa shape index (κ3) is 5.01. The van der Waals surface area contributed by atoms with Crippen LogP contribution in [-0.2, 0) is 6.54 Å².